The molecule has 28 heavy (non-hydrogen) atoms. The maximum Gasteiger partial charge on any atom is 0.247 e. The van der Waals surface area contributed by atoms with Gasteiger partial charge in [0.05, 0.1) is 0 Å². The van der Waals surface area contributed by atoms with E-state index in [0.717, 1.165) is 35.7 Å². The van der Waals surface area contributed by atoms with Crippen molar-refractivity contribution in [2.45, 2.75) is 34.6 Å². The minimum Gasteiger partial charge on any atom is -0.372 e. The highest BCUT2D eigenvalue weighted by molar-refractivity contribution is 6.03. The van der Waals surface area contributed by atoms with Crippen LogP contribution in [0.5, 0.6) is 0 Å². The monoisotopic (exact) mass is 381 g/mol. The average molecular weight is 382 g/mol. The summed E-state index contributed by atoms with van der Waals surface area (Å²) in [5.74, 6) is -0.250. The summed E-state index contributed by atoms with van der Waals surface area (Å²) in [7, 11) is 0. The molecular formula is C23H31N3O2. The van der Waals surface area contributed by atoms with Crippen molar-refractivity contribution >= 4 is 28.9 Å². The minimum atomic E-state index is -0.149. The van der Waals surface area contributed by atoms with Gasteiger partial charge < -0.3 is 14.7 Å². The van der Waals surface area contributed by atoms with Crippen molar-refractivity contribution in [2.75, 3.05) is 40.9 Å². The maximum atomic E-state index is 13.0. The van der Waals surface area contributed by atoms with Gasteiger partial charge in [-0.05, 0) is 69.7 Å². The van der Waals surface area contributed by atoms with Gasteiger partial charge in [-0.1, -0.05) is 12.1 Å². The van der Waals surface area contributed by atoms with Gasteiger partial charge >= 0.3 is 0 Å². The van der Waals surface area contributed by atoms with E-state index in [-0.39, 0.29) is 18.4 Å². The minimum absolute atomic E-state index is 0.0156. The van der Waals surface area contributed by atoms with Crippen LogP contribution in [0, 0.1) is 6.92 Å². The molecule has 0 unspecified atom stereocenters. The first-order valence-electron chi connectivity index (χ1n) is 9.91. The van der Waals surface area contributed by atoms with Crippen molar-refractivity contribution in [3.63, 3.8) is 0 Å². The first-order chi connectivity index (χ1) is 13.4. The van der Waals surface area contributed by atoms with Gasteiger partial charge in [0.2, 0.25) is 11.8 Å². The molecule has 0 bridgehead atoms. The van der Waals surface area contributed by atoms with Gasteiger partial charge in [-0.3, -0.25) is 9.59 Å². The average Bonchev–Trinajstić information content (AvgIpc) is 2.68. The lowest BCUT2D eigenvalue weighted by molar-refractivity contribution is -0.121. The van der Waals surface area contributed by atoms with E-state index in [2.05, 4.69) is 18.7 Å². The van der Waals surface area contributed by atoms with E-state index in [4.69, 9.17) is 0 Å². The molecule has 0 saturated carbocycles. The lowest BCUT2D eigenvalue weighted by Crippen LogP contribution is -2.42. The van der Waals surface area contributed by atoms with E-state index < -0.39 is 0 Å². The maximum absolute atomic E-state index is 13.0. The van der Waals surface area contributed by atoms with Crippen LogP contribution in [-0.2, 0) is 9.59 Å². The highest BCUT2D eigenvalue weighted by Gasteiger charge is 2.21. The molecular weight excluding hydrogens is 350 g/mol. The normalized spacial score (nSPS) is 10.5. The second-order valence-electron chi connectivity index (χ2n) is 6.77. The number of hydrogen-bond acceptors (Lipinski definition) is 3. The summed E-state index contributed by atoms with van der Waals surface area (Å²) in [6.07, 6.45) is 0. The molecule has 2 amide bonds. The van der Waals surface area contributed by atoms with E-state index in [1.807, 2.05) is 62.4 Å². The SMILES string of the molecule is CCN(CC)c1ccc(N(CC(=O)N(CC)c2cccc(C)c2)C(C)=O)cc1. The largest absolute Gasteiger partial charge is 0.372 e. The smallest absolute Gasteiger partial charge is 0.247 e. The summed E-state index contributed by atoms with van der Waals surface area (Å²) in [5, 5.41) is 0. The Labute approximate surface area is 168 Å². The lowest BCUT2D eigenvalue weighted by atomic mass is 10.2. The van der Waals surface area contributed by atoms with Crippen LogP contribution < -0.4 is 14.7 Å². The zero-order chi connectivity index (χ0) is 20.7. The molecule has 150 valence electrons. The molecule has 0 radical (unpaired) electrons. The molecule has 0 atom stereocenters. The van der Waals surface area contributed by atoms with Crippen LogP contribution in [0.2, 0.25) is 0 Å². The number of amides is 2. The van der Waals surface area contributed by atoms with Crippen LogP contribution in [0.3, 0.4) is 0 Å². The molecule has 0 fully saturated rings. The molecule has 0 aliphatic carbocycles. The Hall–Kier alpha value is -2.82. The summed E-state index contributed by atoms with van der Waals surface area (Å²) in [6.45, 7) is 12.1. The lowest BCUT2D eigenvalue weighted by Gasteiger charge is -2.27. The number of likely N-dealkylation sites (N-methyl/N-ethyl adjacent to an activating group) is 1. The van der Waals surface area contributed by atoms with Gasteiger partial charge in [0.1, 0.15) is 6.54 Å². The van der Waals surface area contributed by atoms with Crippen molar-refractivity contribution in [1.29, 1.82) is 0 Å². The number of anilines is 3. The van der Waals surface area contributed by atoms with Gasteiger partial charge in [0.25, 0.3) is 0 Å². The number of aryl methyl sites for hydroxylation is 1. The molecule has 0 aromatic heterocycles. The molecule has 0 aliphatic heterocycles. The van der Waals surface area contributed by atoms with Crippen LogP contribution in [-0.4, -0.2) is 38.0 Å². The summed E-state index contributed by atoms with van der Waals surface area (Å²) < 4.78 is 0. The van der Waals surface area contributed by atoms with E-state index in [9.17, 15) is 9.59 Å². The Kier molecular flexibility index (Phi) is 7.61. The number of benzene rings is 2. The third kappa shape index (κ3) is 5.12. The van der Waals surface area contributed by atoms with E-state index in [0.29, 0.717) is 6.54 Å². The zero-order valence-corrected chi connectivity index (χ0v) is 17.6. The molecule has 0 saturated heterocycles. The molecule has 2 aromatic rings. The van der Waals surface area contributed by atoms with Gasteiger partial charge in [0.15, 0.2) is 0 Å². The van der Waals surface area contributed by atoms with Crippen molar-refractivity contribution in [3.05, 3.63) is 54.1 Å². The van der Waals surface area contributed by atoms with Crippen LogP contribution in [0.15, 0.2) is 48.5 Å². The molecule has 0 aliphatic rings. The molecule has 5 heteroatoms. The second kappa shape index (κ2) is 9.93. The first-order valence-corrected chi connectivity index (χ1v) is 9.91. The fourth-order valence-electron chi connectivity index (χ4n) is 3.34. The number of nitrogens with zero attached hydrogens (tertiary/aromatic N) is 3. The standard InChI is InChI=1S/C23H31N3O2/c1-6-24(7-2)20-12-14-21(15-13-20)26(19(5)27)17-23(28)25(8-3)22-11-9-10-18(4)16-22/h9-16H,6-8,17H2,1-5H3. The van der Waals surface area contributed by atoms with Crippen LogP contribution in [0.25, 0.3) is 0 Å². The summed E-state index contributed by atoms with van der Waals surface area (Å²) in [6, 6.07) is 15.7. The van der Waals surface area contributed by atoms with Gasteiger partial charge in [-0.25, -0.2) is 0 Å². The predicted octanol–water partition coefficient (Wildman–Crippen LogP) is 4.25. The molecule has 2 aromatic carbocycles. The quantitative estimate of drug-likeness (QED) is 0.687. The summed E-state index contributed by atoms with van der Waals surface area (Å²) >= 11 is 0. The number of rotatable bonds is 8. The van der Waals surface area contributed by atoms with Gasteiger partial charge in [-0.2, -0.15) is 0 Å². The van der Waals surface area contributed by atoms with Crippen molar-refractivity contribution in [3.8, 4) is 0 Å². The molecule has 2 rings (SSSR count). The fraction of sp³-hybridized carbons (Fsp3) is 0.391. The second-order valence-corrected chi connectivity index (χ2v) is 6.77. The zero-order valence-electron chi connectivity index (χ0n) is 17.6. The third-order valence-electron chi connectivity index (χ3n) is 4.89. The van der Waals surface area contributed by atoms with Crippen LogP contribution in [0.1, 0.15) is 33.3 Å². The topological polar surface area (TPSA) is 43.9 Å². The van der Waals surface area contributed by atoms with Crippen LogP contribution in [0.4, 0.5) is 17.1 Å². The summed E-state index contributed by atoms with van der Waals surface area (Å²) in [5.41, 5.74) is 3.79. The van der Waals surface area contributed by atoms with Crippen molar-refractivity contribution in [1.82, 2.24) is 0 Å². The highest BCUT2D eigenvalue weighted by atomic mass is 16.2. The number of carbonyl (C=O) groups excluding carboxylic acids is 2. The Morgan fingerprint density at radius 3 is 1.89 bits per heavy atom. The van der Waals surface area contributed by atoms with E-state index >= 15 is 0 Å². The Bertz CT molecular complexity index is 798. The van der Waals surface area contributed by atoms with E-state index in [1.54, 1.807) is 4.90 Å². The van der Waals surface area contributed by atoms with Gasteiger partial charge in [-0.15, -0.1) is 0 Å². The Balaban J connectivity index is 2.22. The third-order valence-corrected chi connectivity index (χ3v) is 4.89. The molecule has 5 nitrogen and oxygen atoms in total. The Morgan fingerprint density at radius 1 is 0.786 bits per heavy atom. The molecule has 0 spiro atoms. The summed E-state index contributed by atoms with van der Waals surface area (Å²) in [4.78, 5) is 30.7. The molecule has 0 N–H and O–H groups in total. The van der Waals surface area contributed by atoms with Crippen molar-refractivity contribution in [2.24, 2.45) is 0 Å². The number of carbonyl (C=O) groups is 2. The Morgan fingerprint density at radius 2 is 1.39 bits per heavy atom. The highest BCUT2D eigenvalue weighted by Crippen LogP contribution is 2.22. The first kappa shape index (κ1) is 21.5. The van der Waals surface area contributed by atoms with Gasteiger partial charge in [0, 0.05) is 43.6 Å². The predicted molar refractivity (Wildman–Crippen MR) is 117 cm³/mol. The fourth-order valence-corrected chi connectivity index (χ4v) is 3.34. The molecule has 0 heterocycles. The van der Waals surface area contributed by atoms with Crippen molar-refractivity contribution < 1.29 is 9.59 Å². The van der Waals surface area contributed by atoms with Crippen LogP contribution >= 0.6 is 0 Å². The number of hydrogen-bond donors (Lipinski definition) is 0. The van der Waals surface area contributed by atoms with E-state index in [1.165, 1.54) is 11.8 Å².